The van der Waals surface area contributed by atoms with Crippen molar-refractivity contribution in [3.8, 4) is 0 Å². The first-order valence-electron chi connectivity index (χ1n) is 6.85. The van der Waals surface area contributed by atoms with Gasteiger partial charge in [0.05, 0.1) is 17.8 Å². The summed E-state index contributed by atoms with van der Waals surface area (Å²) in [4.78, 5) is 11.0. The van der Waals surface area contributed by atoms with Gasteiger partial charge >= 0.3 is 0 Å². The second-order valence-corrected chi connectivity index (χ2v) is 5.32. The van der Waals surface area contributed by atoms with E-state index in [1.165, 1.54) is 0 Å². The SMILES string of the molecule is Cc1cccc(CN(C)c2nc(C)cc(C)c2C(=N)N)n1. The number of nitrogens with one attached hydrogen (secondary N) is 1. The molecule has 0 spiro atoms. The van der Waals surface area contributed by atoms with Crippen LogP contribution in [0.15, 0.2) is 24.3 Å². The first-order chi connectivity index (χ1) is 9.88. The van der Waals surface area contributed by atoms with Crippen LogP contribution in [0.4, 0.5) is 5.82 Å². The number of aryl methyl sites for hydroxylation is 3. The minimum atomic E-state index is 0.0408. The van der Waals surface area contributed by atoms with Crippen molar-refractivity contribution in [2.45, 2.75) is 27.3 Å². The fourth-order valence-electron chi connectivity index (χ4n) is 2.43. The second-order valence-electron chi connectivity index (χ2n) is 5.32. The highest BCUT2D eigenvalue weighted by Crippen LogP contribution is 2.22. The molecule has 2 aromatic rings. The zero-order valence-electron chi connectivity index (χ0n) is 12.9. The molecule has 0 saturated carbocycles. The van der Waals surface area contributed by atoms with Crippen molar-refractivity contribution < 1.29 is 0 Å². The highest BCUT2D eigenvalue weighted by atomic mass is 15.2. The van der Waals surface area contributed by atoms with Gasteiger partial charge in [-0.25, -0.2) is 4.98 Å². The van der Waals surface area contributed by atoms with Crippen molar-refractivity contribution in [1.29, 1.82) is 5.41 Å². The average Bonchev–Trinajstić information content (AvgIpc) is 2.37. The summed E-state index contributed by atoms with van der Waals surface area (Å²) < 4.78 is 0. The minimum absolute atomic E-state index is 0.0408. The molecular formula is C16H21N5. The zero-order valence-corrected chi connectivity index (χ0v) is 12.9. The van der Waals surface area contributed by atoms with E-state index in [9.17, 15) is 0 Å². The maximum absolute atomic E-state index is 7.79. The number of anilines is 1. The number of hydrogen-bond donors (Lipinski definition) is 2. The smallest absolute Gasteiger partial charge is 0.140 e. The Morgan fingerprint density at radius 3 is 2.52 bits per heavy atom. The van der Waals surface area contributed by atoms with Crippen molar-refractivity contribution in [3.63, 3.8) is 0 Å². The van der Waals surface area contributed by atoms with E-state index in [1.807, 2.05) is 57.0 Å². The van der Waals surface area contributed by atoms with Crippen molar-refractivity contribution >= 4 is 11.7 Å². The van der Waals surface area contributed by atoms with Crippen LogP contribution in [0.3, 0.4) is 0 Å². The van der Waals surface area contributed by atoms with Crippen LogP contribution in [0.25, 0.3) is 0 Å². The Morgan fingerprint density at radius 1 is 1.19 bits per heavy atom. The third kappa shape index (κ3) is 3.37. The quantitative estimate of drug-likeness (QED) is 0.666. The molecule has 3 N–H and O–H groups in total. The van der Waals surface area contributed by atoms with E-state index in [-0.39, 0.29) is 5.84 Å². The summed E-state index contributed by atoms with van der Waals surface area (Å²) in [6.45, 7) is 6.49. The average molecular weight is 283 g/mol. The number of hydrogen-bond acceptors (Lipinski definition) is 4. The molecule has 5 heteroatoms. The number of rotatable bonds is 4. The van der Waals surface area contributed by atoms with E-state index in [4.69, 9.17) is 11.1 Å². The van der Waals surface area contributed by atoms with E-state index in [2.05, 4.69) is 9.97 Å². The normalized spacial score (nSPS) is 10.5. The van der Waals surface area contributed by atoms with Crippen LogP contribution >= 0.6 is 0 Å². The molecular weight excluding hydrogens is 262 g/mol. The monoisotopic (exact) mass is 283 g/mol. The van der Waals surface area contributed by atoms with Crippen LogP contribution in [0.2, 0.25) is 0 Å². The third-order valence-electron chi connectivity index (χ3n) is 3.30. The van der Waals surface area contributed by atoms with E-state index in [0.717, 1.165) is 28.5 Å². The van der Waals surface area contributed by atoms with Crippen molar-refractivity contribution in [2.75, 3.05) is 11.9 Å². The van der Waals surface area contributed by atoms with Crippen LogP contribution in [-0.4, -0.2) is 22.9 Å². The summed E-state index contributed by atoms with van der Waals surface area (Å²) >= 11 is 0. The Labute approximate surface area is 125 Å². The molecule has 2 heterocycles. The highest BCUT2D eigenvalue weighted by Gasteiger charge is 2.15. The molecule has 0 aromatic carbocycles. The Kier molecular flexibility index (Phi) is 4.21. The second kappa shape index (κ2) is 5.91. The van der Waals surface area contributed by atoms with Crippen LogP contribution < -0.4 is 10.6 Å². The molecule has 0 saturated heterocycles. The van der Waals surface area contributed by atoms with Gasteiger partial charge < -0.3 is 10.6 Å². The molecule has 0 bridgehead atoms. The first-order valence-corrected chi connectivity index (χ1v) is 6.85. The summed E-state index contributed by atoms with van der Waals surface area (Å²) in [6, 6.07) is 7.89. The van der Waals surface area contributed by atoms with Gasteiger partial charge in [0, 0.05) is 18.4 Å². The number of nitrogen functional groups attached to an aromatic ring is 1. The predicted octanol–water partition coefficient (Wildman–Crippen LogP) is 2.32. The lowest BCUT2D eigenvalue weighted by molar-refractivity contribution is 0.852. The van der Waals surface area contributed by atoms with E-state index in [1.54, 1.807) is 0 Å². The van der Waals surface area contributed by atoms with Crippen molar-refractivity contribution in [1.82, 2.24) is 9.97 Å². The Bertz CT molecular complexity index is 678. The van der Waals surface area contributed by atoms with Crippen LogP contribution in [0, 0.1) is 26.2 Å². The highest BCUT2D eigenvalue weighted by molar-refractivity contribution is 6.01. The molecule has 21 heavy (non-hydrogen) atoms. The Hall–Kier alpha value is -2.43. The predicted molar refractivity (Wildman–Crippen MR) is 85.8 cm³/mol. The van der Waals surface area contributed by atoms with Gasteiger partial charge in [-0.15, -0.1) is 0 Å². The maximum Gasteiger partial charge on any atom is 0.140 e. The summed E-state index contributed by atoms with van der Waals surface area (Å²) in [5.41, 5.74) is 10.2. The van der Waals surface area contributed by atoms with Gasteiger partial charge in [0.2, 0.25) is 0 Å². The molecule has 0 aliphatic rings. The molecule has 0 radical (unpaired) electrons. The first kappa shape index (κ1) is 15.0. The third-order valence-corrected chi connectivity index (χ3v) is 3.30. The molecule has 0 aliphatic heterocycles. The van der Waals surface area contributed by atoms with E-state index < -0.39 is 0 Å². The van der Waals surface area contributed by atoms with Crippen LogP contribution in [0.1, 0.15) is 28.2 Å². The molecule has 0 unspecified atom stereocenters. The Balaban J connectivity index is 2.39. The minimum Gasteiger partial charge on any atom is -0.384 e. The number of nitrogens with two attached hydrogens (primary N) is 1. The van der Waals surface area contributed by atoms with Gasteiger partial charge in [-0.2, -0.15) is 0 Å². The largest absolute Gasteiger partial charge is 0.384 e. The molecule has 2 aromatic heterocycles. The summed E-state index contributed by atoms with van der Waals surface area (Å²) in [5, 5.41) is 7.79. The van der Waals surface area contributed by atoms with Gasteiger partial charge in [-0.1, -0.05) is 6.07 Å². The van der Waals surface area contributed by atoms with Gasteiger partial charge in [-0.05, 0) is 44.5 Å². The van der Waals surface area contributed by atoms with Gasteiger partial charge in [0.15, 0.2) is 0 Å². The van der Waals surface area contributed by atoms with E-state index >= 15 is 0 Å². The lowest BCUT2D eigenvalue weighted by atomic mass is 10.1. The lowest BCUT2D eigenvalue weighted by Crippen LogP contribution is -2.25. The van der Waals surface area contributed by atoms with Crippen molar-refractivity contribution in [2.24, 2.45) is 5.73 Å². The zero-order chi connectivity index (χ0) is 15.6. The maximum atomic E-state index is 7.79. The Morgan fingerprint density at radius 2 is 1.90 bits per heavy atom. The lowest BCUT2D eigenvalue weighted by Gasteiger charge is -2.22. The van der Waals surface area contributed by atoms with Crippen molar-refractivity contribution in [3.05, 3.63) is 52.5 Å². The number of aromatic nitrogens is 2. The molecule has 0 amide bonds. The molecule has 0 fully saturated rings. The summed E-state index contributed by atoms with van der Waals surface area (Å²) in [6.07, 6.45) is 0. The number of amidine groups is 1. The topological polar surface area (TPSA) is 78.9 Å². The molecule has 2 rings (SSSR count). The van der Waals surface area contributed by atoms with Crippen LogP contribution in [0.5, 0.6) is 0 Å². The molecule has 110 valence electrons. The fourth-order valence-corrected chi connectivity index (χ4v) is 2.43. The summed E-state index contributed by atoms with van der Waals surface area (Å²) in [7, 11) is 1.94. The molecule has 0 aliphatic carbocycles. The fraction of sp³-hybridized carbons (Fsp3) is 0.312. The summed E-state index contributed by atoms with van der Waals surface area (Å²) in [5.74, 6) is 0.766. The van der Waals surface area contributed by atoms with Crippen LogP contribution in [-0.2, 0) is 6.54 Å². The van der Waals surface area contributed by atoms with Gasteiger partial charge in [0.25, 0.3) is 0 Å². The number of pyridine rings is 2. The number of nitrogens with zero attached hydrogens (tertiary/aromatic N) is 3. The molecule has 5 nitrogen and oxygen atoms in total. The molecule has 0 atom stereocenters. The van der Waals surface area contributed by atoms with E-state index in [0.29, 0.717) is 12.1 Å². The standard InChI is InChI=1S/C16H21N5/c1-10-8-12(3)20-16(14(10)15(17)18)21(4)9-13-7-5-6-11(2)19-13/h5-8H,9H2,1-4H3,(H3,17,18). The van der Waals surface area contributed by atoms with Gasteiger partial charge in [0.1, 0.15) is 11.7 Å². The van der Waals surface area contributed by atoms with Gasteiger partial charge in [-0.3, -0.25) is 10.4 Å².